The van der Waals surface area contributed by atoms with Gasteiger partial charge in [-0.05, 0) is 36.9 Å². The molecule has 0 N–H and O–H groups in total. The summed E-state index contributed by atoms with van der Waals surface area (Å²) in [4.78, 5) is 14.9. The van der Waals surface area contributed by atoms with Crippen LogP contribution in [0.5, 0.6) is 0 Å². The number of halogens is 1. The number of piperidine rings is 1. The number of likely N-dealkylation sites (N-methyl/N-ethyl adjacent to an activating group) is 1. The SMILES string of the molecule is CCCSC1CN(C)CC(c2cccc(Br)c2)C1=O. The molecule has 1 fully saturated rings. The largest absolute Gasteiger partial charge is 0.304 e. The molecular formula is C15H20BrNOS. The van der Waals surface area contributed by atoms with E-state index in [1.54, 1.807) is 0 Å². The Morgan fingerprint density at radius 3 is 2.89 bits per heavy atom. The Kier molecular flexibility index (Phi) is 5.48. The van der Waals surface area contributed by atoms with Gasteiger partial charge < -0.3 is 4.90 Å². The monoisotopic (exact) mass is 341 g/mol. The lowest BCUT2D eigenvalue weighted by atomic mass is 9.89. The van der Waals surface area contributed by atoms with E-state index in [1.165, 1.54) is 0 Å². The maximum Gasteiger partial charge on any atom is 0.155 e. The van der Waals surface area contributed by atoms with E-state index in [0.717, 1.165) is 35.3 Å². The van der Waals surface area contributed by atoms with Crippen LogP contribution in [0.3, 0.4) is 0 Å². The molecule has 1 aromatic rings. The maximum atomic E-state index is 12.6. The Morgan fingerprint density at radius 1 is 1.42 bits per heavy atom. The zero-order valence-electron chi connectivity index (χ0n) is 11.4. The number of nitrogens with zero attached hydrogens (tertiary/aromatic N) is 1. The standard InChI is InChI=1S/C15H20BrNOS/c1-3-7-19-14-10-17(2)9-13(15(14)18)11-5-4-6-12(16)8-11/h4-6,8,13-14H,3,7,9-10H2,1-2H3. The molecule has 19 heavy (non-hydrogen) atoms. The van der Waals surface area contributed by atoms with E-state index < -0.39 is 0 Å². The van der Waals surface area contributed by atoms with E-state index in [1.807, 2.05) is 23.9 Å². The smallest absolute Gasteiger partial charge is 0.155 e. The third kappa shape index (κ3) is 3.83. The number of ketones is 1. The van der Waals surface area contributed by atoms with Gasteiger partial charge in [-0.2, -0.15) is 0 Å². The van der Waals surface area contributed by atoms with Gasteiger partial charge in [-0.15, -0.1) is 11.8 Å². The van der Waals surface area contributed by atoms with Crippen molar-refractivity contribution >= 4 is 33.5 Å². The molecule has 104 valence electrons. The van der Waals surface area contributed by atoms with Gasteiger partial charge in [-0.25, -0.2) is 0 Å². The second-order valence-electron chi connectivity index (χ2n) is 5.09. The van der Waals surface area contributed by atoms with Crippen LogP contribution in [0.25, 0.3) is 0 Å². The summed E-state index contributed by atoms with van der Waals surface area (Å²) in [6, 6.07) is 8.15. The molecule has 0 amide bonds. The summed E-state index contributed by atoms with van der Waals surface area (Å²) in [5, 5.41) is 0.127. The lowest BCUT2D eigenvalue weighted by molar-refractivity contribution is -0.122. The second kappa shape index (κ2) is 6.91. The predicted octanol–water partition coefficient (Wildman–Crippen LogP) is 3.56. The number of likely N-dealkylation sites (tertiary alicyclic amines) is 1. The summed E-state index contributed by atoms with van der Waals surface area (Å²) in [5.74, 6) is 1.48. The molecule has 2 unspecified atom stereocenters. The van der Waals surface area contributed by atoms with Crippen LogP contribution < -0.4 is 0 Å². The van der Waals surface area contributed by atoms with Gasteiger partial charge in [0.05, 0.1) is 11.2 Å². The molecule has 0 spiro atoms. The minimum Gasteiger partial charge on any atom is -0.304 e. The van der Waals surface area contributed by atoms with E-state index in [0.29, 0.717) is 5.78 Å². The number of hydrogen-bond acceptors (Lipinski definition) is 3. The number of hydrogen-bond donors (Lipinski definition) is 0. The molecule has 2 atom stereocenters. The number of rotatable bonds is 4. The van der Waals surface area contributed by atoms with Crippen molar-refractivity contribution in [1.82, 2.24) is 4.90 Å². The van der Waals surface area contributed by atoms with Crippen LogP contribution in [0.4, 0.5) is 0 Å². The van der Waals surface area contributed by atoms with Gasteiger partial charge in [0, 0.05) is 17.6 Å². The van der Waals surface area contributed by atoms with Crippen molar-refractivity contribution in [3.05, 3.63) is 34.3 Å². The fourth-order valence-electron chi connectivity index (χ4n) is 2.46. The number of carbonyl (C=O) groups is 1. The highest BCUT2D eigenvalue weighted by atomic mass is 79.9. The van der Waals surface area contributed by atoms with Gasteiger partial charge >= 0.3 is 0 Å². The molecule has 2 nitrogen and oxygen atoms in total. The van der Waals surface area contributed by atoms with Crippen LogP contribution in [-0.2, 0) is 4.79 Å². The van der Waals surface area contributed by atoms with Crippen LogP contribution in [-0.4, -0.2) is 41.8 Å². The Labute approximate surface area is 128 Å². The van der Waals surface area contributed by atoms with Crippen molar-refractivity contribution < 1.29 is 4.79 Å². The normalized spacial score (nSPS) is 24.7. The van der Waals surface area contributed by atoms with Crippen molar-refractivity contribution in [3.63, 3.8) is 0 Å². The highest BCUT2D eigenvalue weighted by Crippen LogP contribution is 2.30. The number of thioether (sulfide) groups is 1. The zero-order chi connectivity index (χ0) is 13.8. The van der Waals surface area contributed by atoms with Gasteiger partial charge in [0.1, 0.15) is 0 Å². The molecule has 4 heteroatoms. The second-order valence-corrected chi connectivity index (χ2v) is 7.32. The summed E-state index contributed by atoms with van der Waals surface area (Å²) in [6.45, 7) is 3.88. The number of benzene rings is 1. The van der Waals surface area contributed by atoms with Crippen molar-refractivity contribution in [2.45, 2.75) is 24.5 Å². The van der Waals surface area contributed by atoms with E-state index in [9.17, 15) is 4.79 Å². The molecule has 0 aromatic heterocycles. The quantitative estimate of drug-likeness (QED) is 0.835. The first-order valence-electron chi connectivity index (χ1n) is 6.71. The summed E-state index contributed by atoms with van der Waals surface area (Å²) < 4.78 is 1.05. The zero-order valence-corrected chi connectivity index (χ0v) is 13.8. The van der Waals surface area contributed by atoms with Crippen LogP contribution in [0, 0.1) is 0 Å². The van der Waals surface area contributed by atoms with Gasteiger partial charge in [0.2, 0.25) is 0 Å². The van der Waals surface area contributed by atoms with E-state index in [4.69, 9.17) is 0 Å². The highest BCUT2D eigenvalue weighted by molar-refractivity contribution is 9.10. The fraction of sp³-hybridized carbons (Fsp3) is 0.533. The fourth-order valence-corrected chi connectivity index (χ4v) is 4.09. The summed E-state index contributed by atoms with van der Waals surface area (Å²) in [5.41, 5.74) is 1.13. The Morgan fingerprint density at radius 2 is 2.21 bits per heavy atom. The average Bonchev–Trinajstić information content (AvgIpc) is 2.39. The molecule has 1 aliphatic rings. The van der Waals surface area contributed by atoms with Crippen LogP contribution in [0.15, 0.2) is 28.7 Å². The molecular weight excluding hydrogens is 322 g/mol. The van der Waals surface area contributed by atoms with Gasteiger partial charge in [0.25, 0.3) is 0 Å². The molecule has 1 aromatic carbocycles. The average molecular weight is 342 g/mol. The molecule has 2 rings (SSSR count). The molecule has 0 radical (unpaired) electrons. The Hall–Kier alpha value is -0.320. The Balaban J connectivity index is 2.17. The first-order valence-corrected chi connectivity index (χ1v) is 8.55. The first kappa shape index (κ1) is 15.1. The molecule has 0 saturated carbocycles. The topological polar surface area (TPSA) is 20.3 Å². The third-order valence-corrected chi connectivity index (χ3v) is 5.33. The van der Waals surface area contributed by atoms with Crippen LogP contribution >= 0.6 is 27.7 Å². The van der Waals surface area contributed by atoms with Gasteiger partial charge in [-0.1, -0.05) is 35.0 Å². The van der Waals surface area contributed by atoms with E-state index in [2.05, 4.69) is 46.9 Å². The summed E-state index contributed by atoms with van der Waals surface area (Å²) in [6.07, 6.45) is 1.12. The lowest BCUT2D eigenvalue weighted by Gasteiger charge is -2.34. The molecule has 1 saturated heterocycles. The maximum absolute atomic E-state index is 12.6. The third-order valence-electron chi connectivity index (χ3n) is 3.41. The van der Waals surface area contributed by atoms with Gasteiger partial charge in [-0.3, -0.25) is 4.79 Å². The van der Waals surface area contributed by atoms with Crippen molar-refractivity contribution in [2.24, 2.45) is 0 Å². The van der Waals surface area contributed by atoms with Crippen molar-refractivity contribution in [3.8, 4) is 0 Å². The predicted molar refractivity (Wildman–Crippen MR) is 85.9 cm³/mol. The first-order chi connectivity index (χ1) is 9.11. The highest BCUT2D eigenvalue weighted by Gasteiger charge is 2.34. The van der Waals surface area contributed by atoms with Crippen molar-refractivity contribution in [2.75, 3.05) is 25.9 Å². The molecule has 1 aliphatic heterocycles. The lowest BCUT2D eigenvalue weighted by Crippen LogP contribution is -2.45. The summed E-state index contributed by atoms with van der Waals surface area (Å²) in [7, 11) is 2.11. The molecule has 0 aliphatic carbocycles. The molecule has 0 bridgehead atoms. The minimum atomic E-state index is 0.0191. The van der Waals surface area contributed by atoms with E-state index in [-0.39, 0.29) is 11.2 Å². The van der Waals surface area contributed by atoms with E-state index >= 15 is 0 Å². The van der Waals surface area contributed by atoms with Crippen LogP contribution in [0.1, 0.15) is 24.8 Å². The molecule has 1 heterocycles. The van der Waals surface area contributed by atoms with Crippen molar-refractivity contribution in [1.29, 1.82) is 0 Å². The van der Waals surface area contributed by atoms with Crippen LogP contribution in [0.2, 0.25) is 0 Å². The Bertz CT molecular complexity index is 452. The minimum absolute atomic E-state index is 0.0191. The summed E-state index contributed by atoms with van der Waals surface area (Å²) >= 11 is 5.30. The number of carbonyl (C=O) groups excluding carboxylic acids is 1. The number of Topliss-reactive ketones (excluding diaryl/α,β-unsaturated/α-hetero) is 1. The van der Waals surface area contributed by atoms with Gasteiger partial charge in [0.15, 0.2) is 5.78 Å².